The van der Waals surface area contributed by atoms with E-state index >= 15 is 0 Å². The number of hydrogen-bond acceptors (Lipinski definition) is 3. The van der Waals surface area contributed by atoms with Crippen molar-refractivity contribution in [3.05, 3.63) is 24.3 Å². The zero-order valence-corrected chi connectivity index (χ0v) is 11.3. The fraction of sp³-hybridized carbons (Fsp3) is 0.615. The highest BCUT2D eigenvalue weighted by molar-refractivity contribution is 6.19. The van der Waals surface area contributed by atoms with Crippen LogP contribution in [0.4, 0.5) is 0 Å². The first-order valence-corrected chi connectivity index (χ1v) is 6.82. The minimum Gasteiger partial charge on any atom is -0.345 e. The van der Waals surface area contributed by atoms with Gasteiger partial charge < -0.3 is 5.32 Å². The van der Waals surface area contributed by atoms with E-state index in [0.29, 0.717) is 17.4 Å². The first-order valence-electron chi connectivity index (χ1n) is 6.29. The highest BCUT2D eigenvalue weighted by atomic mass is 35.5. The topological polar surface area (TPSA) is 54.9 Å². The van der Waals surface area contributed by atoms with Gasteiger partial charge in [0.15, 0.2) is 0 Å². The molecule has 2 rings (SSSR count). The Labute approximate surface area is 112 Å². The summed E-state index contributed by atoms with van der Waals surface area (Å²) in [5, 5.41) is 3.08. The molecule has 0 bridgehead atoms. The standard InChI is InChI=1S/C13H18ClN3O/c1-10-3-2-4-13(5-10,8-14)17-12(18)11-6-15-9-16-7-11/h6-7,9-10H,2-5,8H2,1H3,(H,17,18). The lowest BCUT2D eigenvalue weighted by Crippen LogP contribution is -2.52. The van der Waals surface area contributed by atoms with Crippen molar-refractivity contribution in [3.8, 4) is 0 Å². The van der Waals surface area contributed by atoms with Crippen molar-refractivity contribution in [2.75, 3.05) is 5.88 Å². The van der Waals surface area contributed by atoms with Crippen LogP contribution >= 0.6 is 11.6 Å². The van der Waals surface area contributed by atoms with E-state index in [1.54, 1.807) is 0 Å². The van der Waals surface area contributed by atoms with Crippen molar-refractivity contribution in [1.82, 2.24) is 15.3 Å². The monoisotopic (exact) mass is 267 g/mol. The summed E-state index contributed by atoms with van der Waals surface area (Å²) in [6, 6.07) is 0. The molecular weight excluding hydrogens is 250 g/mol. The summed E-state index contributed by atoms with van der Waals surface area (Å²) >= 11 is 6.09. The van der Waals surface area contributed by atoms with Crippen LogP contribution in [-0.4, -0.2) is 27.3 Å². The molecule has 98 valence electrons. The number of halogens is 1. The Bertz CT molecular complexity index is 412. The normalized spacial score (nSPS) is 27.8. The summed E-state index contributed by atoms with van der Waals surface area (Å²) in [7, 11) is 0. The van der Waals surface area contributed by atoms with Gasteiger partial charge in [-0.15, -0.1) is 11.6 Å². The van der Waals surface area contributed by atoms with Crippen LogP contribution in [0.3, 0.4) is 0 Å². The molecule has 0 radical (unpaired) electrons. The largest absolute Gasteiger partial charge is 0.345 e. The molecule has 2 atom stereocenters. The molecule has 1 fully saturated rings. The average molecular weight is 268 g/mol. The van der Waals surface area contributed by atoms with Crippen LogP contribution in [0.2, 0.25) is 0 Å². The number of nitrogens with one attached hydrogen (secondary N) is 1. The van der Waals surface area contributed by atoms with Gasteiger partial charge in [0.25, 0.3) is 5.91 Å². The van der Waals surface area contributed by atoms with Gasteiger partial charge in [0.05, 0.1) is 11.1 Å². The Kier molecular flexibility index (Phi) is 4.17. The highest BCUT2D eigenvalue weighted by Crippen LogP contribution is 2.33. The molecule has 0 aliphatic heterocycles. The molecule has 2 unspecified atom stereocenters. The molecule has 1 aliphatic carbocycles. The van der Waals surface area contributed by atoms with Crippen LogP contribution in [0.25, 0.3) is 0 Å². The van der Waals surface area contributed by atoms with Crippen molar-refractivity contribution < 1.29 is 4.79 Å². The van der Waals surface area contributed by atoms with Gasteiger partial charge in [0, 0.05) is 18.3 Å². The molecule has 5 heteroatoms. The Morgan fingerprint density at radius 2 is 2.28 bits per heavy atom. The average Bonchev–Trinajstić information content (AvgIpc) is 2.39. The summed E-state index contributed by atoms with van der Waals surface area (Å²) < 4.78 is 0. The van der Waals surface area contributed by atoms with E-state index in [2.05, 4.69) is 22.2 Å². The van der Waals surface area contributed by atoms with Gasteiger partial charge in [0.1, 0.15) is 6.33 Å². The Balaban J connectivity index is 2.08. The summed E-state index contributed by atoms with van der Waals surface area (Å²) in [5.41, 5.74) is 0.215. The van der Waals surface area contributed by atoms with E-state index in [9.17, 15) is 4.79 Å². The second kappa shape index (κ2) is 5.65. The van der Waals surface area contributed by atoms with Crippen LogP contribution in [-0.2, 0) is 0 Å². The van der Waals surface area contributed by atoms with Crippen molar-refractivity contribution in [2.45, 2.75) is 38.1 Å². The third kappa shape index (κ3) is 2.99. The van der Waals surface area contributed by atoms with E-state index in [0.717, 1.165) is 19.3 Å². The number of carbonyl (C=O) groups excluding carboxylic acids is 1. The summed E-state index contributed by atoms with van der Waals surface area (Å²) in [4.78, 5) is 19.8. The summed E-state index contributed by atoms with van der Waals surface area (Å²) in [6.45, 7) is 2.21. The lowest BCUT2D eigenvalue weighted by atomic mass is 9.77. The minimum atomic E-state index is -0.272. The van der Waals surface area contributed by atoms with Crippen LogP contribution < -0.4 is 5.32 Å². The molecule has 1 aliphatic rings. The predicted octanol–water partition coefficient (Wildman–Crippen LogP) is 2.39. The maximum atomic E-state index is 12.1. The number of nitrogens with zero attached hydrogens (tertiary/aromatic N) is 2. The Morgan fingerprint density at radius 1 is 1.56 bits per heavy atom. The third-order valence-corrected chi connectivity index (χ3v) is 4.06. The van der Waals surface area contributed by atoms with Crippen LogP contribution in [0.1, 0.15) is 43.0 Å². The van der Waals surface area contributed by atoms with Crippen molar-refractivity contribution >= 4 is 17.5 Å². The number of alkyl halides is 1. The second-order valence-electron chi connectivity index (χ2n) is 5.20. The van der Waals surface area contributed by atoms with Crippen LogP contribution in [0, 0.1) is 5.92 Å². The fourth-order valence-corrected chi connectivity index (χ4v) is 2.97. The van der Waals surface area contributed by atoms with E-state index < -0.39 is 0 Å². The number of aromatic nitrogens is 2. The lowest BCUT2D eigenvalue weighted by Gasteiger charge is -2.39. The Hall–Kier alpha value is -1.16. The second-order valence-corrected chi connectivity index (χ2v) is 5.46. The lowest BCUT2D eigenvalue weighted by molar-refractivity contribution is 0.0866. The molecule has 18 heavy (non-hydrogen) atoms. The first kappa shape index (κ1) is 13.3. The van der Waals surface area contributed by atoms with Gasteiger partial charge in [-0.2, -0.15) is 0 Å². The molecule has 1 aromatic heterocycles. The van der Waals surface area contributed by atoms with Gasteiger partial charge in [-0.05, 0) is 18.8 Å². The van der Waals surface area contributed by atoms with Gasteiger partial charge in [-0.3, -0.25) is 4.79 Å². The minimum absolute atomic E-state index is 0.134. The van der Waals surface area contributed by atoms with E-state index in [1.807, 2.05) is 0 Å². The van der Waals surface area contributed by atoms with Gasteiger partial charge >= 0.3 is 0 Å². The number of amides is 1. The van der Waals surface area contributed by atoms with Gasteiger partial charge in [-0.1, -0.05) is 19.8 Å². The number of hydrogen-bond donors (Lipinski definition) is 1. The molecule has 1 heterocycles. The number of rotatable bonds is 3. The fourth-order valence-electron chi connectivity index (χ4n) is 2.66. The Morgan fingerprint density at radius 3 is 2.89 bits per heavy atom. The molecule has 1 N–H and O–H groups in total. The quantitative estimate of drug-likeness (QED) is 0.856. The molecule has 0 saturated heterocycles. The first-order chi connectivity index (χ1) is 8.65. The van der Waals surface area contributed by atoms with Gasteiger partial charge in [-0.25, -0.2) is 9.97 Å². The molecular formula is C13H18ClN3O. The third-order valence-electron chi connectivity index (χ3n) is 3.55. The van der Waals surface area contributed by atoms with Crippen molar-refractivity contribution in [3.63, 3.8) is 0 Å². The molecule has 0 aromatic carbocycles. The molecule has 1 saturated carbocycles. The maximum Gasteiger partial charge on any atom is 0.254 e. The van der Waals surface area contributed by atoms with Crippen molar-refractivity contribution in [1.29, 1.82) is 0 Å². The molecule has 4 nitrogen and oxygen atoms in total. The smallest absolute Gasteiger partial charge is 0.254 e. The zero-order valence-electron chi connectivity index (χ0n) is 10.5. The van der Waals surface area contributed by atoms with E-state index in [4.69, 9.17) is 11.6 Å². The molecule has 1 aromatic rings. The number of carbonyl (C=O) groups is 1. The van der Waals surface area contributed by atoms with E-state index in [1.165, 1.54) is 25.1 Å². The zero-order chi connectivity index (χ0) is 13.0. The van der Waals surface area contributed by atoms with E-state index in [-0.39, 0.29) is 11.4 Å². The summed E-state index contributed by atoms with van der Waals surface area (Å²) in [5.74, 6) is 0.923. The van der Waals surface area contributed by atoms with Crippen LogP contribution in [0.15, 0.2) is 18.7 Å². The molecule has 1 amide bonds. The maximum absolute atomic E-state index is 12.1. The van der Waals surface area contributed by atoms with Crippen LogP contribution in [0.5, 0.6) is 0 Å². The molecule has 0 spiro atoms. The summed E-state index contributed by atoms with van der Waals surface area (Å²) in [6.07, 6.45) is 8.67. The highest BCUT2D eigenvalue weighted by Gasteiger charge is 2.35. The predicted molar refractivity (Wildman–Crippen MR) is 70.6 cm³/mol. The van der Waals surface area contributed by atoms with Gasteiger partial charge in [0.2, 0.25) is 0 Å². The van der Waals surface area contributed by atoms with Crippen molar-refractivity contribution in [2.24, 2.45) is 5.92 Å². The SMILES string of the molecule is CC1CCCC(CCl)(NC(=O)c2cncnc2)C1.